The van der Waals surface area contributed by atoms with Gasteiger partial charge in [0.15, 0.2) is 0 Å². The molecule has 0 spiro atoms. The smallest absolute Gasteiger partial charge is 0.312 e. The molecule has 0 aliphatic carbocycles. The molecular formula is C33H38ClN3O4. The predicted octanol–water partition coefficient (Wildman–Crippen LogP) is 7.16. The van der Waals surface area contributed by atoms with Crippen LogP contribution in [0.5, 0.6) is 5.75 Å². The molecule has 0 aliphatic heterocycles. The normalized spacial score (nSPS) is 12.2. The van der Waals surface area contributed by atoms with Gasteiger partial charge in [-0.25, -0.2) is 0 Å². The summed E-state index contributed by atoms with van der Waals surface area (Å²) in [7, 11) is 1.65. The van der Waals surface area contributed by atoms with E-state index in [-0.39, 0.29) is 18.5 Å². The number of ether oxygens (including phenoxy) is 3. The monoisotopic (exact) mass is 575 g/mol. The Morgan fingerprint density at radius 2 is 1.71 bits per heavy atom. The number of benzene rings is 3. The molecule has 0 saturated heterocycles. The third kappa shape index (κ3) is 8.18. The molecule has 216 valence electrons. The molecule has 7 nitrogen and oxygen atoms in total. The lowest BCUT2D eigenvalue weighted by Gasteiger charge is -2.33. The van der Waals surface area contributed by atoms with E-state index in [1.165, 1.54) is 0 Å². The molecular weight excluding hydrogens is 538 g/mol. The first-order chi connectivity index (χ1) is 19.8. The van der Waals surface area contributed by atoms with E-state index in [2.05, 4.69) is 16.4 Å². The van der Waals surface area contributed by atoms with Crippen molar-refractivity contribution in [3.63, 3.8) is 0 Å². The van der Waals surface area contributed by atoms with Crippen molar-refractivity contribution < 1.29 is 19.0 Å². The first-order valence-corrected chi connectivity index (χ1v) is 14.3. The van der Waals surface area contributed by atoms with Gasteiger partial charge in [0.25, 0.3) is 0 Å². The zero-order valence-corrected chi connectivity index (χ0v) is 24.9. The Bertz CT molecular complexity index is 1400. The quantitative estimate of drug-likeness (QED) is 0.148. The number of halogens is 1. The highest BCUT2D eigenvalue weighted by molar-refractivity contribution is 6.31. The van der Waals surface area contributed by atoms with Crippen molar-refractivity contribution in [2.45, 2.75) is 65.9 Å². The van der Waals surface area contributed by atoms with Crippen LogP contribution in [0.2, 0.25) is 5.02 Å². The van der Waals surface area contributed by atoms with E-state index < -0.39 is 5.41 Å². The number of esters is 1. The summed E-state index contributed by atoms with van der Waals surface area (Å²) in [6.45, 7) is 7.69. The number of carbonyl (C=O) groups excluding carboxylic acids is 1. The van der Waals surface area contributed by atoms with Gasteiger partial charge in [0, 0.05) is 17.8 Å². The van der Waals surface area contributed by atoms with Gasteiger partial charge < -0.3 is 14.2 Å². The van der Waals surface area contributed by atoms with E-state index in [9.17, 15) is 4.79 Å². The van der Waals surface area contributed by atoms with E-state index in [1.54, 1.807) is 7.11 Å². The maximum absolute atomic E-state index is 13.5. The lowest BCUT2D eigenvalue weighted by molar-refractivity contribution is -0.156. The number of methoxy groups -OCH3 is 1. The van der Waals surface area contributed by atoms with Gasteiger partial charge in [0.2, 0.25) is 0 Å². The summed E-state index contributed by atoms with van der Waals surface area (Å²) in [6, 6.07) is 23.4. The number of aryl methyl sites for hydroxylation is 2. The van der Waals surface area contributed by atoms with Crippen LogP contribution in [0.15, 0.2) is 79.0 Å². The fraction of sp³-hybridized carbons (Fsp3) is 0.364. The van der Waals surface area contributed by atoms with E-state index in [4.69, 9.17) is 25.8 Å². The Labute approximate surface area is 247 Å². The van der Waals surface area contributed by atoms with Crippen LogP contribution < -0.4 is 4.74 Å². The minimum absolute atomic E-state index is 0.157. The molecule has 4 aromatic rings. The Kier molecular flexibility index (Phi) is 10.6. The molecule has 0 radical (unpaired) electrons. The van der Waals surface area contributed by atoms with Gasteiger partial charge in [-0.3, -0.25) is 9.48 Å². The summed E-state index contributed by atoms with van der Waals surface area (Å²) in [6.07, 6.45) is 3.31. The lowest BCUT2D eigenvalue weighted by atomic mass is 9.72. The first kappa shape index (κ1) is 30.3. The summed E-state index contributed by atoms with van der Waals surface area (Å²) in [5.74, 6) is 0.392. The van der Waals surface area contributed by atoms with E-state index >= 15 is 0 Å². The minimum Gasteiger partial charge on any atom is -0.497 e. The van der Waals surface area contributed by atoms with Crippen LogP contribution in [0.3, 0.4) is 0 Å². The highest BCUT2D eigenvalue weighted by atomic mass is 35.5. The van der Waals surface area contributed by atoms with Crippen LogP contribution in [-0.2, 0) is 47.1 Å². The zero-order valence-electron chi connectivity index (χ0n) is 24.2. The van der Waals surface area contributed by atoms with E-state index in [1.807, 2.05) is 98.4 Å². The molecule has 3 aromatic carbocycles. The standard InChI is InChI=1S/C33H38ClN3O4/c1-5-37-20-28(35-36-37)14-17-30(33(2,3)32(38)41-22-24-9-7-6-8-10-24)26-13-18-31(34)27(19-26)23-40-21-25-11-15-29(39-4)16-12-25/h6-13,15-16,18-20,30H,5,14,17,21-23H2,1-4H3. The summed E-state index contributed by atoms with van der Waals surface area (Å²) in [4.78, 5) is 13.5. The SMILES string of the molecule is CCn1cc(CCC(c2ccc(Cl)c(COCc3ccc(OC)cc3)c2)C(C)(C)C(=O)OCc2ccccc2)nn1. The Balaban J connectivity index is 1.52. The topological polar surface area (TPSA) is 75.5 Å². The fourth-order valence-electron chi connectivity index (χ4n) is 4.82. The van der Waals surface area contributed by atoms with Gasteiger partial charge in [-0.15, -0.1) is 5.10 Å². The van der Waals surface area contributed by atoms with Crippen molar-refractivity contribution >= 4 is 17.6 Å². The number of hydrogen-bond donors (Lipinski definition) is 0. The number of rotatable bonds is 14. The van der Waals surface area contributed by atoms with Crippen LogP contribution in [-0.4, -0.2) is 28.1 Å². The molecule has 8 heteroatoms. The minimum atomic E-state index is -0.815. The van der Waals surface area contributed by atoms with Crippen LogP contribution in [0.1, 0.15) is 61.1 Å². The van der Waals surface area contributed by atoms with Gasteiger partial charge in [-0.05, 0) is 80.0 Å². The molecule has 0 amide bonds. The Morgan fingerprint density at radius 3 is 2.39 bits per heavy atom. The molecule has 4 rings (SSSR count). The molecule has 1 heterocycles. The summed E-state index contributed by atoms with van der Waals surface area (Å²) in [5, 5.41) is 9.11. The van der Waals surface area contributed by atoms with Crippen molar-refractivity contribution in [1.29, 1.82) is 0 Å². The molecule has 1 unspecified atom stereocenters. The summed E-state index contributed by atoms with van der Waals surface area (Å²) >= 11 is 6.60. The molecule has 0 N–H and O–H groups in total. The van der Waals surface area contributed by atoms with Gasteiger partial charge >= 0.3 is 5.97 Å². The van der Waals surface area contributed by atoms with Crippen molar-refractivity contribution in [1.82, 2.24) is 15.0 Å². The maximum atomic E-state index is 13.5. The van der Waals surface area contributed by atoms with E-state index in [0.717, 1.165) is 40.2 Å². The van der Waals surface area contributed by atoms with Crippen LogP contribution in [0.4, 0.5) is 0 Å². The Morgan fingerprint density at radius 1 is 0.976 bits per heavy atom. The second kappa shape index (κ2) is 14.3. The molecule has 1 atom stereocenters. The average molecular weight is 576 g/mol. The van der Waals surface area contributed by atoms with Gasteiger partial charge in [-0.2, -0.15) is 0 Å². The summed E-state index contributed by atoms with van der Waals surface area (Å²) in [5.41, 5.74) is 3.94. The second-order valence-corrected chi connectivity index (χ2v) is 11.0. The largest absolute Gasteiger partial charge is 0.497 e. The number of carbonyl (C=O) groups is 1. The van der Waals surface area contributed by atoms with Crippen molar-refractivity contribution in [3.05, 3.63) is 112 Å². The second-order valence-electron chi connectivity index (χ2n) is 10.6. The molecule has 1 aromatic heterocycles. The predicted molar refractivity (Wildman–Crippen MR) is 160 cm³/mol. The van der Waals surface area contributed by atoms with Crippen LogP contribution in [0.25, 0.3) is 0 Å². The maximum Gasteiger partial charge on any atom is 0.312 e. The average Bonchev–Trinajstić information content (AvgIpc) is 3.46. The number of nitrogens with zero attached hydrogens (tertiary/aromatic N) is 3. The highest BCUT2D eigenvalue weighted by Gasteiger charge is 2.39. The van der Waals surface area contributed by atoms with Gasteiger partial charge in [0.1, 0.15) is 12.4 Å². The molecule has 0 bridgehead atoms. The third-order valence-electron chi connectivity index (χ3n) is 7.37. The lowest BCUT2D eigenvalue weighted by Crippen LogP contribution is -2.34. The van der Waals surface area contributed by atoms with Crippen LogP contribution >= 0.6 is 11.6 Å². The van der Waals surface area contributed by atoms with Crippen molar-refractivity contribution in [2.24, 2.45) is 5.41 Å². The van der Waals surface area contributed by atoms with Gasteiger partial charge in [0.05, 0.1) is 31.4 Å². The molecule has 41 heavy (non-hydrogen) atoms. The zero-order chi connectivity index (χ0) is 29.2. The number of hydrogen-bond acceptors (Lipinski definition) is 6. The van der Waals surface area contributed by atoms with Crippen molar-refractivity contribution in [3.8, 4) is 5.75 Å². The van der Waals surface area contributed by atoms with E-state index in [0.29, 0.717) is 31.1 Å². The first-order valence-electron chi connectivity index (χ1n) is 13.9. The summed E-state index contributed by atoms with van der Waals surface area (Å²) < 4.78 is 18.9. The molecule has 0 aliphatic rings. The molecule has 0 saturated carbocycles. The van der Waals surface area contributed by atoms with Crippen LogP contribution in [0, 0.1) is 5.41 Å². The third-order valence-corrected chi connectivity index (χ3v) is 7.74. The van der Waals surface area contributed by atoms with Gasteiger partial charge in [-0.1, -0.05) is 71.4 Å². The number of aromatic nitrogens is 3. The fourth-order valence-corrected chi connectivity index (χ4v) is 4.99. The highest BCUT2D eigenvalue weighted by Crippen LogP contribution is 2.41. The molecule has 0 fully saturated rings. The Hall–Kier alpha value is -3.68. The van der Waals surface area contributed by atoms with Crippen molar-refractivity contribution in [2.75, 3.05) is 7.11 Å².